The van der Waals surface area contributed by atoms with E-state index < -0.39 is 0 Å². The van der Waals surface area contributed by atoms with Gasteiger partial charge in [0.1, 0.15) is 0 Å². The number of aryl methyl sites for hydroxylation is 1. The molecule has 3 N–H and O–H groups in total. The van der Waals surface area contributed by atoms with Crippen LogP contribution in [-0.2, 0) is 6.54 Å². The summed E-state index contributed by atoms with van der Waals surface area (Å²) in [5.74, 6) is 0.291. The summed E-state index contributed by atoms with van der Waals surface area (Å²) in [6.07, 6.45) is 1.90. The van der Waals surface area contributed by atoms with Gasteiger partial charge in [0.2, 0.25) is 5.95 Å². The van der Waals surface area contributed by atoms with Gasteiger partial charge in [-0.2, -0.15) is 4.98 Å². The van der Waals surface area contributed by atoms with Crippen molar-refractivity contribution in [1.82, 2.24) is 14.6 Å². The van der Waals surface area contributed by atoms with Crippen LogP contribution in [0.15, 0.2) is 36.5 Å². The molecule has 114 valence electrons. The minimum absolute atomic E-state index is 0.291. The van der Waals surface area contributed by atoms with Gasteiger partial charge in [0.15, 0.2) is 5.65 Å². The first-order chi connectivity index (χ1) is 10.5. The highest BCUT2D eigenvalue weighted by Gasteiger charge is 2.05. The van der Waals surface area contributed by atoms with Gasteiger partial charge < -0.3 is 16.0 Å². The van der Waals surface area contributed by atoms with E-state index in [1.165, 1.54) is 11.3 Å². The zero-order valence-electron chi connectivity index (χ0n) is 13.0. The monoisotopic (exact) mass is 296 g/mol. The van der Waals surface area contributed by atoms with Gasteiger partial charge in [-0.1, -0.05) is 12.1 Å². The summed E-state index contributed by atoms with van der Waals surface area (Å²) < 4.78 is 1.71. The Bertz CT molecular complexity index is 788. The molecule has 0 atom stereocenters. The van der Waals surface area contributed by atoms with Gasteiger partial charge in [-0.05, 0) is 36.2 Å². The third-order valence-electron chi connectivity index (χ3n) is 3.58. The molecule has 0 spiro atoms. The van der Waals surface area contributed by atoms with Crippen molar-refractivity contribution in [3.63, 3.8) is 0 Å². The average molecular weight is 296 g/mol. The molecule has 0 aliphatic carbocycles. The first-order valence-electron chi connectivity index (χ1n) is 7.15. The molecule has 0 aliphatic rings. The third-order valence-corrected chi connectivity index (χ3v) is 3.58. The molecule has 0 amide bonds. The van der Waals surface area contributed by atoms with Crippen LogP contribution in [0, 0.1) is 6.92 Å². The lowest BCUT2D eigenvalue weighted by Crippen LogP contribution is -2.08. The predicted molar refractivity (Wildman–Crippen MR) is 90.2 cm³/mol. The van der Waals surface area contributed by atoms with Crippen LogP contribution in [0.4, 0.5) is 17.3 Å². The molecule has 0 unspecified atom stereocenters. The highest BCUT2D eigenvalue weighted by Crippen LogP contribution is 2.17. The number of hydrogen-bond acceptors (Lipinski definition) is 5. The molecular weight excluding hydrogens is 276 g/mol. The Hall–Kier alpha value is -2.76. The summed E-state index contributed by atoms with van der Waals surface area (Å²) in [6.45, 7) is 2.75. The van der Waals surface area contributed by atoms with Gasteiger partial charge in [0, 0.05) is 26.3 Å². The fourth-order valence-corrected chi connectivity index (χ4v) is 2.38. The van der Waals surface area contributed by atoms with Crippen LogP contribution in [-0.4, -0.2) is 28.7 Å². The smallest absolute Gasteiger partial charge is 0.240 e. The molecule has 0 bridgehead atoms. The van der Waals surface area contributed by atoms with Gasteiger partial charge in [0.25, 0.3) is 0 Å². The van der Waals surface area contributed by atoms with E-state index in [0.29, 0.717) is 5.95 Å². The number of nitrogens with one attached hydrogen (secondary N) is 1. The molecule has 0 saturated carbocycles. The zero-order valence-corrected chi connectivity index (χ0v) is 13.0. The maximum atomic E-state index is 5.65. The van der Waals surface area contributed by atoms with E-state index in [4.69, 9.17) is 5.73 Å². The molecule has 3 aromatic rings. The molecule has 0 saturated heterocycles. The summed E-state index contributed by atoms with van der Waals surface area (Å²) >= 11 is 0. The number of nitrogens with zero attached hydrogens (tertiary/aromatic N) is 4. The first-order valence-corrected chi connectivity index (χ1v) is 7.15. The molecule has 2 aromatic heterocycles. The van der Waals surface area contributed by atoms with E-state index in [1.807, 2.05) is 27.2 Å². The summed E-state index contributed by atoms with van der Waals surface area (Å²) in [6, 6.07) is 10.5. The van der Waals surface area contributed by atoms with Crippen molar-refractivity contribution in [2.24, 2.45) is 0 Å². The van der Waals surface area contributed by atoms with Crippen LogP contribution >= 0.6 is 0 Å². The Morgan fingerprint density at radius 2 is 1.95 bits per heavy atom. The van der Waals surface area contributed by atoms with Crippen molar-refractivity contribution < 1.29 is 0 Å². The Balaban J connectivity index is 1.75. The maximum Gasteiger partial charge on any atom is 0.240 e. The largest absolute Gasteiger partial charge is 0.380 e. The van der Waals surface area contributed by atoms with Crippen LogP contribution < -0.4 is 16.0 Å². The number of pyridine rings is 1. The number of nitrogens with two attached hydrogens (primary N) is 1. The second-order valence-corrected chi connectivity index (χ2v) is 5.56. The molecule has 2 heterocycles. The quantitative estimate of drug-likeness (QED) is 0.773. The number of fused-ring (bicyclic) bond motifs is 1. The van der Waals surface area contributed by atoms with Crippen molar-refractivity contribution >= 4 is 23.0 Å². The predicted octanol–water partition coefficient (Wildman–Crippen LogP) is 2.30. The van der Waals surface area contributed by atoms with Crippen LogP contribution in [0.25, 0.3) is 5.65 Å². The number of anilines is 3. The van der Waals surface area contributed by atoms with E-state index in [1.54, 1.807) is 4.52 Å². The number of benzene rings is 1. The van der Waals surface area contributed by atoms with Gasteiger partial charge in [-0.15, -0.1) is 5.10 Å². The molecular formula is C16H20N6. The first kappa shape index (κ1) is 14.2. The fraction of sp³-hybridized carbons (Fsp3) is 0.250. The van der Waals surface area contributed by atoms with E-state index in [2.05, 4.69) is 50.6 Å². The van der Waals surface area contributed by atoms with Gasteiger partial charge >= 0.3 is 0 Å². The van der Waals surface area contributed by atoms with Crippen LogP contribution in [0.5, 0.6) is 0 Å². The highest BCUT2D eigenvalue weighted by molar-refractivity contribution is 5.57. The van der Waals surface area contributed by atoms with Crippen molar-refractivity contribution in [2.75, 3.05) is 30.0 Å². The van der Waals surface area contributed by atoms with Gasteiger partial charge in [0.05, 0.1) is 11.9 Å². The molecule has 0 fully saturated rings. The third kappa shape index (κ3) is 2.81. The van der Waals surface area contributed by atoms with E-state index in [9.17, 15) is 0 Å². The van der Waals surface area contributed by atoms with Crippen LogP contribution in [0.2, 0.25) is 0 Å². The molecule has 22 heavy (non-hydrogen) atoms. The molecule has 3 rings (SSSR count). The second kappa shape index (κ2) is 5.55. The molecule has 1 aromatic carbocycles. The Kier molecular flexibility index (Phi) is 3.58. The number of rotatable bonds is 4. The average Bonchev–Trinajstić information content (AvgIpc) is 2.86. The molecule has 0 aliphatic heterocycles. The van der Waals surface area contributed by atoms with Crippen molar-refractivity contribution in [1.29, 1.82) is 0 Å². The van der Waals surface area contributed by atoms with Crippen LogP contribution in [0.1, 0.15) is 11.1 Å². The molecule has 0 radical (unpaired) electrons. The number of nitrogen functional groups attached to an aromatic ring is 1. The Morgan fingerprint density at radius 3 is 2.64 bits per heavy atom. The Labute approximate surface area is 129 Å². The minimum atomic E-state index is 0.291. The van der Waals surface area contributed by atoms with E-state index in [-0.39, 0.29) is 0 Å². The van der Waals surface area contributed by atoms with E-state index >= 15 is 0 Å². The molecule has 6 nitrogen and oxygen atoms in total. The minimum Gasteiger partial charge on any atom is -0.380 e. The lowest BCUT2D eigenvalue weighted by Gasteiger charge is -2.13. The second-order valence-electron chi connectivity index (χ2n) is 5.56. The van der Waals surface area contributed by atoms with Crippen molar-refractivity contribution in [3.8, 4) is 0 Å². The normalized spacial score (nSPS) is 10.9. The number of hydrogen-bond donors (Lipinski definition) is 2. The van der Waals surface area contributed by atoms with E-state index in [0.717, 1.165) is 23.4 Å². The maximum absolute atomic E-state index is 5.65. The van der Waals surface area contributed by atoms with Gasteiger partial charge in [-0.3, -0.25) is 0 Å². The highest BCUT2D eigenvalue weighted by atomic mass is 15.3. The number of aromatic nitrogens is 3. The zero-order chi connectivity index (χ0) is 15.7. The fourth-order valence-electron chi connectivity index (χ4n) is 2.38. The molecule has 6 heteroatoms. The van der Waals surface area contributed by atoms with Crippen molar-refractivity contribution in [3.05, 3.63) is 47.7 Å². The SMILES string of the molecule is Cc1cc(NCc2ccc(N(C)C)cc2)cn2nc(N)nc12. The lowest BCUT2D eigenvalue weighted by molar-refractivity contribution is 0.958. The topological polar surface area (TPSA) is 71.5 Å². The summed E-state index contributed by atoms with van der Waals surface area (Å²) in [5.41, 5.74) is 10.9. The standard InChI is InChI=1S/C16H20N6/c1-11-8-13(10-22-15(11)19-16(17)20-22)18-9-12-4-6-14(7-5-12)21(2)3/h4-8,10,18H,9H2,1-3H3,(H2,17,20). The lowest BCUT2D eigenvalue weighted by atomic mass is 10.2. The Morgan fingerprint density at radius 1 is 1.23 bits per heavy atom. The van der Waals surface area contributed by atoms with Crippen LogP contribution in [0.3, 0.4) is 0 Å². The summed E-state index contributed by atoms with van der Waals surface area (Å²) in [4.78, 5) is 6.28. The summed E-state index contributed by atoms with van der Waals surface area (Å²) in [7, 11) is 4.07. The summed E-state index contributed by atoms with van der Waals surface area (Å²) in [5, 5.41) is 7.57. The van der Waals surface area contributed by atoms with Gasteiger partial charge in [-0.25, -0.2) is 4.52 Å². The van der Waals surface area contributed by atoms with Crippen molar-refractivity contribution in [2.45, 2.75) is 13.5 Å².